The third-order valence-electron chi connectivity index (χ3n) is 3.02. The second-order valence-electron chi connectivity index (χ2n) is 3.96. The van der Waals surface area contributed by atoms with Crippen LogP contribution in [-0.4, -0.2) is 19.7 Å². The van der Waals surface area contributed by atoms with E-state index in [0.29, 0.717) is 6.54 Å². The van der Waals surface area contributed by atoms with Gasteiger partial charge in [-0.1, -0.05) is 12.1 Å². The third kappa shape index (κ3) is 2.99. The van der Waals surface area contributed by atoms with Gasteiger partial charge in [-0.3, -0.25) is 0 Å². The summed E-state index contributed by atoms with van der Waals surface area (Å²) in [5.41, 5.74) is 5.23. The molecule has 0 unspecified atom stereocenters. The quantitative estimate of drug-likeness (QED) is 0.851. The summed E-state index contributed by atoms with van der Waals surface area (Å²) in [5, 5.41) is 2.68. The zero-order chi connectivity index (χ0) is 12.1. The van der Waals surface area contributed by atoms with Gasteiger partial charge in [0.05, 0.1) is 7.11 Å². The third-order valence-corrected chi connectivity index (χ3v) is 3.02. The van der Waals surface area contributed by atoms with E-state index in [1.807, 2.05) is 0 Å². The maximum absolute atomic E-state index is 10.9. The van der Waals surface area contributed by atoms with Gasteiger partial charge in [0.25, 0.3) is 0 Å². The summed E-state index contributed by atoms with van der Waals surface area (Å²) >= 11 is 0. The molecule has 1 rings (SSSR count). The van der Waals surface area contributed by atoms with Gasteiger partial charge in [-0.05, 0) is 49.4 Å². The van der Waals surface area contributed by atoms with Crippen LogP contribution in [0.4, 0.5) is 4.79 Å². The number of ether oxygens (including phenoxy) is 1. The summed E-state index contributed by atoms with van der Waals surface area (Å²) < 4.78 is 4.51. The SMILES string of the molecule is COC(=O)NCCc1ccc(C)c(C)c1C. The van der Waals surface area contributed by atoms with Crippen molar-refractivity contribution in [2.24, 2.45) is 0 Å². The van der Waals surface area contributed by atoms with Crippen LogP contribution < -0.4 is 5.32 Å². The summed E-state index contributed by atoms with van der Waals surface area (Å²) in [7, 11) is 1.37. The number of nitrogens with one attached hydrogen (secondary N) is 1. The minimum atomic E-state index is -0.374. The molecule has 1 aromatic carbocycles. The van der Waals surface area contributed by atoms with Crippen molar-refractivity contribution >= 4 is 6.09 Å². The van der Waals surface area contributed by atoms with Crippen LogP contribution in [0.5, 0.6) is 0 Å². The molecule has 16 heavy (non-hydrogen) atoms. The lowest BCUT2D eigenvalue weighted by Gasteiger charge is -2.11. The topological polar surface area (TPSA) is 38.3 Å². The van der Waals surface area contributed by atoms with Crippen LogP contribution in [0.15, 0.2) is 12.1 Å². The van der Waals surface area contributed by atoms with Gasteiger partial charge in [0, 0.05) is 6.54 Å². The Morgan fingerprint density at radius 1 is 1.25 bits per heavy atom. The van der Waals surface area contributed by atoms with E-state index in [9.17, 15) is 4.79 Å². The second kappa shape index (κ2) is 5.54. The van der Waals surface area contributed by atoms with Gasteiger partial charge in [0.15, 0.2) is 0 Å². The Morgan fingerprint density at radius 3 is 2.56 bits per heavy atom. The minimum absolute atomic E-state index is 0.374. The van der Waals surface area contributed by atoms with Gasteiger partial charge < -0.3 is 10.1 Å². The number of hydrogen-bond donors (Lipinski definition) is 1. The predicted octanol–water partition coefficient (Wildman–Crippen LogP) is 2.51. The highest BCUT2D eigenvalue weighted by molar-refractivity contribution is 5.66. The molecule has 1 N–H and O–H groups in total. The van der Waals surface area contributed by atoms with Crippen LogP contribution in [0.1, 0.15) is 22.3 Å². The molecule has 0 bridgehead atoms. The average Bonchev–Trinajstić information content (AvgIpc) is 2.29. The van der Waals surface area contributed by atoms with E-state index in [-0.39, 0.29) is 6.09 Å². The van der Waals surface area contributed by atoms with E-state index in [0.717, 1.165) is 6.42 Å². The van der Waals surface area contributed by atoms with Gasteiger partial charge in [0.1, 0.15) is 0 Å². The number of benzene rings is 1. The smallest absolute Gasteiger partial charge is 0.406 e. The van der Waals surface area contributed by atoms with Crippen molar-refractivity contribution in [2.45, 2.75) is 27.2 Å². The van der Waals surface area contributed by atoms with Gasteiger partial charge in [-0.2, -0.15) is 0 Å². The predicted molar refractivity (Wildman–Crippen MR) is 64.8 cm³/mol. The van der Waals surface area contributed by atoms with Crippen LogP contribution in [0.3, 0.4) is 0 Å². The number of methoxy groups -OCH3 is 1. The molecule has 0 aromatic heterocycles. The van der Waals surface area contributed by atoms with Gasteiger partial charge in [0.2, 0.25) is 0 Å². The highest BCUT2D eigenvalue weighted by Crippen LogP contribution is 2.17. The van der Waals surface area contributed by atoms with E-state index >= 15 is 0 Å². The van der Waals surface area contributed by atoms with Crippen molar-refractivity contribution < 1.29 is 9.53 Å². The maximum Gasteiger partial charge on any atom is 0.406 e. The molecule has 0 fully saturated rings. The largest absolute Gasteiger partial charge is 0.453 e. The summed E-state index contributed by atoms with van der Waals surface area (Å²) in [6, 6.07) is 4.24. The molecule has 0 aliphatic carbocycles. The lowest BCUT2D eigenvalue weighted by atomic mass is 9.97. The number of aryl methyl sites for hydroxylation is 1. The zero-order valence-corrected chi connectivity index (χ0v) is 10.4. The minimum Gasteiger partial charge on any atom is -0.453 e. The molecule has 1 amide bonds. The van der Waals surface area contributed by atoms with Crippen LogP contribution in [0, 0.1) is 20.8 Å². The first-order valence-corrected chi connectivity index (χ1v) is 5.43. The fraction of sp³-hybridized carbons (Fsp3) is 0.462. The van der Waals surface area contributed by atoms with Crippen molar-refractivity contribution in [1.82, 2.24) is 5.32 Å². The average molecular weight is 221 g/mol. The first-order chi connectivity index (χ1) is 7.56. The van der Waals surface area contributed by atoms with Crippen molar-refractivity contribution in [2.75, 3.05) is 13.7 Å². The highest BCUT2D eigenvalue weighted by Gasteiger charge is 2.04. The van der Waals surface area contributed by atoms with Crippen molar-refractivity contribution in [3.8, 4) is 0 Å². The van der Waals surface area contributed by atoms with Crippen molar-refractivity contribution in [1.29, 1.82) is 0 Å². The Labute approximate surface area is 96.8 Å². The molecule has 3 heteroatoms. The number of carbonyl (C=O) groups excluding carboxylic acids is 1. The molecular weight excluding hydrogens is 202 g/mol. The van der Waals surface area contributed by atoms with E-state index in [1.165, 1.54) is 29.4 Å². The van der Waals surface area contributed by atoms with E-state index in [4.69, 9.17) is 0 Å². The maximum atomic E-state index is 10.9. The van der Waals surface area contributed by atoms with Gasteiger partial charge in [-0.25, -0.2) is 4.79 Å². The molecule has 0 aliphatic heterocycles. The zero-order valence-electron chi connectivity index (χ0n) is 10.4. The molecule has 88 valence electrons. The lowest BCUT2D eigenvalue weighted by Crippen LogP contribution is -2.25. The fourth-order valence-electron chi connectivity index (χ4n) is 1.65. The molecule has 3 nitrogen and oxygen atoms in total. The number of rotatable bonds is 3. The van der Waals surface area contributed by atoms with Crippen molar-refractivity contribution in [3.63, 3.8) is 0 Å². The molecule has 0 spiro atoms. The normalized spacial score (nSPS) is 10.0. The molecule has 0 saturated carbocycles. The second-order valence-corrected chi connectivity index (χ2v) is 3.96. The number of carbonyl (C=O) groups is 1. The van der Waals surface area contributed by atoms with E-state index in [2.05, 4.69) is 43.0 Å². The molecule has 1 aromatic rings. The highest BCUT2D eigenvalue weighted by atomic mass is 16.5. The molecule has 0 radical (unpaired) electrons. The van der Waals surface area contributed by atoms with E-state index < -0.39 is 0 Å². The Hall–Kier alpha value is -1.51. The Balaban J connectivity index is 2.61. The fourth-order valence-corrected chi connectivity index (χ4v) is 1.65. The molecular formula is C13H19NO2. The van der Waals surface area contributed by atoms with Crippen molar-refractivity contribution in [3.05, 3.63) is 34.4 Å². The lowest BCUT2D eigenvalue weighted by molar-refractivity contribution is 0.171. The Kier molecular flexibility index (Phi) is 4.35. The summed E-state index contributed by atoms with van der Waals surface area (Å²) in [5.74, 6) is 0. The monoisotopic (exact) mass is 221 g/mol. The Bertz CT molecular complexity index is 386. The van der Waals surface area contributed by atoms with Crippen LogP contribution in [0.25, 0.3) is 0 Å². The van der Waals surface area contributed by atoms with Crippen LogP contribution >= 0.6 is 0 Å². The summed E-state index contributed by atoms with van der Waals surface area (Å²) in [4.78, 5) is 10.9. The molecule has 0 aliphatic rings. The van der Waals surface area contributed by atoms with Crippen LogP contribution in [0.2, 0.25) is 0 Å². The summed E-state index contributed by atoms with van der Waals surface area (Å²) in [6.07, 6.45) is 0.462. The summed E-state index contributed by atoms with van der Waals surface area (Å²) in [6.45, 7) is 6.96. The van der Waals surface area contributed by atoms with Crippen LogP contribution in [-0.2, 0) is 11.2 Å². The first kappa shape index (κ1) is 12.6. The number of alkyl carbamates (subject to hydrolysis) is 1. The number of amides is 1. The Morgan fingerprint density at radius 2 is 1.94 bits per heavy atom. The van der Waals surface area contributed by atoms with Gasteiger partial charge >= 0.3 is 6.09 Å². The van der Waals surface area contributed by atoms with E-state index in [1.54, 1.807) is 0 Å². The standard InChI is InChI=1S/C13H19NO2/c1-9-5-6-12(11(3)10(9)2)7-8-14-13(15)16-4/h5-6H,7-8H2,1-4H3,(H,14,15). The van der Waals surface area contributed by atoms with Gasteiger partial charge in [-0.15, -0.1) is 0 Å². The molecule has 0 saturated heterocycles. The number of hydrogen-bond acceptors (Lipinski definition) is 2. The first-order valence-electron chi connectivity index (χ1n) is 5.43. The molecule has 0 atom stereocenters. The molecule has 0 heterocycles.